The van der Waals surface area contributed by atoms with Crippen molar-refractivity contribution in [3.8, 4) is 0 Å². The Balaban J connectivity index is 5.25. The van der Waals surface area contributed by atoms with Gasteiger partial charge < -0.3 is 33.8 Å². The Labute approximate surface area is 543 Å². The number of phosphoric acid groups is 2. The minimum Gasteiger partial charge on any atom is -0.462 e. The van der Waals surface area contributed by atoms with Gasteiger partial charge in [-0.25, -0.2) is 9.13 Å². The van der Waals surface area contributed by atoms with E-state index in [4.69, 9.17) is 37.0 Å². The summed E-state index contributed by atoms with van der Waals surface area (Å²) in [6.07, 6.45) is 44.4. The van der Waals surface area contributed by atoms with E-state index in [9.17, 15) is 43.2 Å². The fourth-order valence-electron chi connectivity index (χ4n) is 10.5. The molecule has 0 aliphatic carbocycles. The molecule has 528 valence electrons. The van der Waals surface area contributed by atoms with E-state index in [2.05, 4.69) is 48.5 Å². The highest BCUT2D eigenvalue weighted by atomic mass is 31.2. The topological polar surface area (TPSA) is 237 Å². The van der Waals surface area contributed by atoms with E-state index in [-0.39, 0.29) is 25.7 Å². The molecule has 2 unspecified atom stereocenters. The van der Waals surface area contributed by atoms with Crippen molar-refractivity contribution in [3.05, 3.63) is 0 Å². The first-order valence-corrected chi connectivity index (χ1v) is 39.3. The van der Waals surface area contributed by atoms with Gasteiger partial charge in [-0.15, -0.1) is 0 Å². The predicted octanol–water partition coefficient (Wildman–Crippen LogP) is 19.8. The first kappa shape index (κ1) is 87.1. The van der Waals surface area contributed by atoms with Gasteiger partial charge in [0.05, 0.1) is 26.4 Å². The Morgan fingerprint density at radius 1 is 0.303 bits per heavy atom. The summed E-state index contributed by atoms with van der Waals surface area (Å²) in [7, 11) is -9.90. The maximum atomic E-state index is 13.0. The molecule has 0 saturated heterocycles. The summed E-state index contributed by atoms with van der Waals surface area (Å²) in [4.78, 5) is 72.5. The van der Waals surface area contributed by atoms with Crippen LogP contribution in [0.5, 0.6) is 0 Å². The molecule has 0 aromatic heterocycles. The van der Waals surface area contributed by atoms with E-state index < -0.39 is 97.5 Å². The number of aliphatic hydroxyl groups is 1. The van der Waals surface area contributed by atoms with Gasteiger partial charge in [-0.1, -0.05) is 299 Å². The Bertz CT molecular complexity index is 1750. The average Bonchev–Trinajstić information content (AvgIpc) is 3.56. The van der Waals surface area contributed by atoms with Gasteiger partial charge in [0.1, 0.15) is 19.3 Å². The monoisotopic (exact) mass is 1310 g/mol. The fourth-order valence-corrected chi connectivity index (χ4v) is 12.1. The molecule has 89 heavy (non-hydrogen) atoms. The fraction of sp³-hybridized carbons (Fsp3) is 0.943. The number of phosphoric ester groups is 2. The average molecular weight is 1310 g/mol. The van der Waals surface area contributed by atoms with Crippen molar-refractivity contribution < 1.29 is 80.2 Å². The molecule has 0 radical (unpaired) electrons. The molecule has 3 N–H and O–H groups in total. The summed E-state index contributed by atoms with van der Waals surface area (Å²) < 4.78 is 68.3. The second kappa shape index (κ2) is 61.0. The van der Waals surface area contributed by atoms with Gasteiger partial charge in [0.15, 0.2) is 12.2 Å². The number of esters is 4. The Hall–Kier alpha value is -1.94. The molecule has 0 aliphatic heterocycles. The van der Waals surface area contributed by atoms with E-state index >= 15 is 0 Å². The van der Waals surface area contributed by atoms with Crippen molar-refractivity contribution in [2.45, 2.75) is 369 Å². The van der Waals surface area contributed by atoms with Gasteiger partial charge in [-0.3, -0.25) is 37.3 Å². The number of hydrogen-bond acceptors (Lipinski definition) is 15. The normalized spacial score (nSPS) is 14.2. The lowest BCUT2D eigenvalue weighted by Crippen LogP contribution is -2.30. The third-order valence-corrected chi connectivity index (χ3v) is 18.0. The van der Waals surface area contributed by atoms with Crippen LogP contribution >= 0.6 is 15.6 Å². The van der Waals surface area contributed by atoms with Crippen LogP contribution < -0.4 is 0 Å². The van der Waals surface area contributed by atoms with Crippen LogP contribution in [0.15, 0.2) is 0 Å². The molecule has 0 spiro atoms. The van der Waals surface area contributed by atoms with Gasteiger partial charge >= 0.3 is 39.5 Å². The van der Waals surface area contributed by atoms with Gasteiger partial charge in [0.25, 0.3) is 0 Å². The number of aliphatic hydroxyl groups excluding tert-OH is 1. The van der Waals surface area contributed by atoms with E-state index in [1.807, 2.05) is 0 Å². The molecule has 0 fully saturated rings. The van der Waals surface area contributed by atoms with E-state index in [1.165, 1.54) is 161 Å². The second-order valence-corrected chi connectivity index (χ2v) is 29.6. The maximum absolute atomic E-state index is 13.0. The lowest BCUT2D eigenvalue weighted by Gasteiger charge is -2.21. The number of carbonyl (C=O) groups excluding carboxylic acids is 4. The number of hydrogen-bond donors (Lipinski definition) is 3. The molecule has 0 saturated carbocycles. The number of unbranched alkanes of at least 4 members (excludes halogenated alkanes) is 36. The molecular weight excluding hydrogens is 1170 g/mol. The quantitative estimate of drug-likeness (QED) is 0.0222. The number of ether oxygens (including phenoxy) is 4. The molecule has 0 aromatic carbocycles. The van der Waals surface area contributed by atoms with Crippen LogP contribution in [0.4, 0.5) is 0 Å². The highest BCUT2D eigenvalue weighted by molar-refractivity contribution is 7.47. The van der Waals surface area contributed by atoms with Gasteiger partial charge in [0, 0.05) is 25.7 Å². The lowest BCUT2D eigenvalue weighted by atomic mass is 10.0. The molecule has 0 heterocycles. The molecule has 0 aromatic rings. The van der Waals surface area contributed by atoms with Crippen LogP contribution in [-0.2, 0) is 65.4 Å². The molecule has 0 bridgehead atoms. The second-order valence-electron chi connectivity index (χ2n) is 26.7. The Morgan fingerprint density at radius 2 is 0.517 bits per heavy atom. The summed E-state index contributed by atoms with van der Waals surface area (Å²) in [5.41, 5.74) is 0. The Kier molecular flexibility index (Phi) is 59.6. The van der Waals surface area contributed by atoms with Gasteiger partial charge in [-0.05, 0) is 43.4 Å². The molecule has 17 nitrogen and oxygen atoms in total. The van der Waals surface area contributed by atoms with Gasteiger partial charge in [0.2, 0.25) is 0 Å². The molecule has 0 aliphatic rings. The van der Waals surface area contributed by atoms with Gasteiger partial charge in [-0.2, -0.15) is 0 Å². The third-order valence-electron chi connectivity index (χ3n) is 16.1. The zero-order valence-electron chi connectivity index (χ0n) is 57.9. The largest absolute Gasteiger partial charge is 0.472 e. The minimum absolute atomic E-state index is 0.105. The third kappa shape index (κ3) is 64.6. The molecule has 0 amide bonds. The van der Waals surface area contributed by atoms with Crippen LogP contribution in [0.3, 0.4) is 0 Å². The standard InChI is InChI=1S/C70H136O17P2/c1-8-9-10-11-12-20-30-37-44-51-67(72)80-57-65(87-70(75)54-47-40-33-26-19-23-29-36-43-50-63(6)7)59-84-88(76,77)82-55-64(71)56-83-89(78,79)85-60-66(58-81-68(73)52-45-38-31-24-18-17-22-28-35-42-49-62(4)5)86-69(74)53-46-39-32-25-16-14-13-15-21-27-34-41-48-61(2)3/h61-66,71H,8-60H2,1-7H3,(H,76,77)(H,78,79)/t64-,65+,66+/m0/s1. The summed E-state index contributed by atoms with van der Waals surface area (Å²) in [5, 5.41) is 10.6. The molecule has 19 heteroatoms. The van der Waals surface area contributed by atoms with Crippen molar-refractivity contribution in [1.29, 1.82) is 0 Å². The van der Waals surface area contributed by atoms with Crippen molar-refractivity contribution >= 4 is 39.5 Å². The molecule has 0 rings (SSSR count). The SMILES string of the molecule is CCCCCCCCCCCC(=O)OC[C@H](COP(=O)(O)OC[C@H](O)COP(=O)(O)OC[C@@H](COC(=O)CCCCCCCCCCCCC(C)C)OC(=O)CCCCCCCCCCCCCCC(C)C)OC(=O)CCCCCCCCCCCC(C)C. The molecular formula is C70H136O17P2. The van der Waals surface area contributed by atoms with Crippen LogP contribution in [0.2, 0.25) is 0 Å². The first-order valence-electron chi connectivity index (χ1n) is 36.3. The first-order chi connectivity index (χ1) is 42.7. The highest BCUT2D eigenvalue weighted by Crippen LogP contribution is 2.45. The van der Waals surface area contributed by atoms with Crippen molar-refractivity contribution in [2.75, 3.05) is 39.6 Å². The maximum Gasteiger partial charge on any atom is 0.472 e. The minimum atomic E-state index is -4.95. The lowest BCUT2D eigenvalue weighted by molar-refractivity contribution is -0.161. The molecule has 5 atom stereocenters. The Morgan fingerprint density at radius 3 is 0.764 bits per heavy atom. The zero-order chi connectivity index (χ0) is 65.9. The number of rotatable bonds is 68. The summed E-state index contributed by atoms with van der Waals surface area (Å²) in [6.45, 7) is 11.8. The van der Waals surface area contributed by atoms with Crippen LogP contribution in [0.25, 0.3) is 0 Å². The van der Waals surface area contributed by atoms with Crippen LogP contribution in [0, 0.1) is 17.8 Å². The highest BCUT2D eigenvalue weighted by Gasteiger charge is 2.30. The smallest absolute Gasteiger partial charge is 0.462 e. The van der Waals surface area contributed by atoms with Crippen molar-refractivity contribution in [2.24, 2.45) is 17.8 Å². The zero-order valence-corrected chi connectivity index (χ0v) is 59.7. The van der Waals surface area contributed by atoms with Crippen molar-refractivity contribution in [1.82, 2.24) is 0 Å². The number of carbonyl (C=O) groups is 4. The van der Waals surface area contributed by atoms with Crippen LogP contribution in [0.1, 0.15) is 350 Å². The van der Waals surface area contributed by atoms with E-state index in [0.29, 0.717) is 25.7 Å². The van der Waals surface area contributed by atoms with E-state index in [0.717, 1.165) is 108 Å². The van der Waals surface area contributed by atoms with Crippen molar-refractivity contribution in [3.63, 3.8) is 0 Å². The predicted molar refractivity (Wildman–Crippen MR) is 358 cm³/mol. The summed E-state index contributed by atoms with van der Waals surface area (Å²) >= 11 is 0. The van der Waals surface area contributed by atoms with Crippen LogP contribution in [-0.4, -0.2) is 96.7 Å². The summed E-state index contributed by atoms with van der Waals surface area (Å²) in [5.74, 6) is 0.145. The summed E-state index contributed by atoms with van der Waals surface area (Å²) in [6, 6.07) is 0. The van der Waals surface area contributed by atoms with E-state index in [1.54, 1.807) is 0 Å².